The van der Waals surface area contributed by atoms with E-state index in [1.54, 1.807) is 0 Å². The first-order chi connectivity index (χ1) is 14.1. The number of ether oxygens (including phenoxy) is 2. The van der Waals surface area contributed by atoms with E-state index in [0.717, 1.165) is 18.2 Å². The number of benzene rings is 1. The van der Waals surface area contributed by atoms with Crippen molar-refractivity contribution in [2.24, 2.45) is 0 Å². The second kappa shape index (κ2) is 8.65. The van der Waals surface area contributed by atoms with Crippen LogP contribution in [0.1, 0.15) is 20.8 Å². The van der Waals surface area contributed by atoms with E-state index in [9.17, 15) is 53.1 Å². The molecule has 1 N–H and O–H groups in total. The van der Waals surface area contributed by atoms with Crippen LogP contribution in [0.25, 0.3) is 0 Å². The predicted molar refractivity (Wildman–Crippen MR) is 87.1 cm³/mol. The molecule has 1 aromatic rings. The third kappa shape index (κ3) is 5.73. The highest BCUT2D eigenvalue weighted by atomic mass is 19.4. The number of hydrogen-bond donors (Lipinski definition) is 1. The van der Waals surface area contributed by atoms with Crippen molar-refractivity contribution in [3.63, 3.8) is 0 Å². The summed E-state index contributed by atoms with van der Waals surface area (Å²) in [5.41, 5.74) is -1.21. The Morgan fingerprint density at radius 2 is 1.41 bits per heavy atom. The highest BCUT2D eigenvalue weighted by Gasteiger charge is 2.83. The Morgan fingerprint density at radius 1 is 0.875 bits per heavy atom. The largest absolute Gasteiger partial charge is 0.460 e. The monoisotopic (exact) mass is 489 g/mol. The molecule has 1 amide bonds. The maximum Gasteiger partial charge on any atom is 0.460 e. The van der Waals surface area contributed by atoms with Crippen LogP contribution in [0, 0.1) is 0 Å². The topological polar surface area (TPSA) is 47.6 Å². The Bertz CT molecular complexity index is 873. The average molecular weight is 489 g/mol. The third-order valence-corrected chi connectivity index (χ3v) is 3.28. The molecule has 0 saturated carbocycles. The Labute approximate surface area is 173 Å². The number of allylic oxidation sites excluding steroid dienone is 1. The number of carbonyl (C=O) groups excluding carboxylic acids is 1. The van der Waals surface area contributed by atoms with Crippen LogP contribution in [0.5, 0.6) is 5.75 Å². The number of amides is 1. The Hall–Kier alpha value is -2.74. The minimum atomic E-state index is -7.42. The zero-order chi connectivity index (χ0) is 25.3. The summed E-state index contributed by atoms with van der Waals surface area (Å²) < 4.78 is 151. The molecule has 32 heavy (non-hydrogen) atoms. The highest BCUT2D eigenvalue weighted by Crippen LogP contribution is 2.55. The minimum Gasteiger partial charge on any atom is -0.444 e. The quantitative estimate of drug-likeness (QED) is 0.346. The first kappa shape index (κ1) is 27.3. The van der Waals surface area contributed by atoms with E-state index in [4.69, 9.17) is 4.74 Å². The van der Waals surface area contributed by atoms with Gasteiger partial charge in [0.15, 0.2) is 0 Å². The van der Waals surface area contributed by atoms with Crippen molar-refractivity contribution in [2.75, 3.05) is 5.32 Å². The minimum absolute atomic E-state index is 0.259. The second-order valence-corrected chi connectivity index (χ2v) is 7.07. The van der Waals surface area contributed by atoms with Gasteiger partial charge in [0.2, 0.25) is 5.83 Å². The fourth-order valence-corrected chi connectivity index (χ4v) is 1.84. The van der Waals surface area contributed by atoms with Crippen LogP contribution in [-0.2, 0) is 4.74 Å². The van der Waals surface area contributed by atoms with Gasteiger partial charge in [-0.15, -0.1) is 0 Å². The molecule has 0 radical (unpaired) electrons. The lowest BCUT2D eigenvalue weighted by molar-refractivity contribution is -0.392. The van der Waals surface area contributed by atoms with Crippen LogP contribution in [-0.4, -0.2) is 35.6 Å². The van der Waals surface area contributed by atoms with Gasteiger partial charge < -0.3 is 9.47 Å². The van der Waals surface area contributed by atoms with Crippen molar-refractivity contribution >= 4 is 11.8 Å². The van der Waals surface area contributed by atoms with Gasteiger partial charge >= 0.3 is 36.1 Å². The summed E-state index contributed by atoms with van der Waals surface area (Å²) in [5.74, 6) is -26.7. The SMILES string of the molecule is CC(C)(C)OC(=O)Nc1cccc(OC(F)=C(F)C(F)(F)C(F)(F)C(F)(F)C(F)(F)F)c1. The maximum absolute atomic E-state index is 13.6. The number of rotatable bonds is 6. The molecular weight excluding hydrogens is 475 g/mol. The van der Waals surface area contributed by atoms with Crippen molar-refractivity contribution in [3.05, 3.63) is 36.1 Å². The van der Waals surface area contributed by atoms with Crippen molar-refractivity contribution in [2.45, 2.75) is 50.3 Å². The molecule has 0 aliphatic rings. The summed E-state index contributed by atoms with van der Waals surface area (Å²) in [6.07, 6.45) is -8.27. The fraction of sp³-hybridized carbons (Fsp3) is 0.471. The normalized spacial score (nSPS) is 14.6. The standard InChI is InChI=1S/C17H14F11NO3/c1-13(2,3)32-12(30)29-8-5-4-6-9(7-8)31-11(19)10(18)14(20,21)15(22,23)16(24,25)17(26,27)28/h4-7H,1-3H3,(H,29,30). The molecule has 1 rings (SSSR count). The molecule has 0 aliphatic heterocycles. The van der Waals surface area contributed by atoms with Gasteiger partial charge in [0.05, 0.1) is 0 Å². The lowest BCUT2D eigenvalue weighted by Crippen LogP contribution is -2.61. The van der Waals surface area contributed by atoms with E-state index in [2.05, 4.69) is 10.1 Å². The van der Waals surface area contributed by atoms with E-state index in [1.165, 1.54) is 20.8 Å². The second-order valence-electron chi connectivity index (χ2n) is 7.07. The van der Waals surface area contributed by atoms with Crippen LogP contribution < -0.4 is 10.1 Å². The van der Waals surface area contributed by atoms with Crippen LogP contribution >= 0.6 is 0 Å². The number of nitrogens with one attached hydrogen (secondary N) is 1. The lowest BCUT2D eigenvalue weighted by Gasteiger charge is -2.32. The van der Waals surface area contributed by atoms with E-state index in [-0.39, 0.29) is 5.69 Å². The molecule has 0 heterocycles. The molecule has 0 aromatic heterocycles. The maximum atomic E-state index is 13.6. The van der Waals surface area contributed by atoms with Gasteiger partial charge in [0, 0.05) is 11.8 Å². The van der Waals surface area contributed by atoms with Gasteiger partial charge in [-0.25, -0.2) is 4.79 Å². The Kier molecular flexibility index (Phi) is 7.38. The molecule has 0 spiro atoms. The molecule has 0 unspecified atom stereocenters. The number of carbonyl (C=O) groups is 1. The van der Waals surface area contributed by atoms with Crippen molar-refractivity contribution in [1.82, 2.24) is 0 Å². The van der Waals surface area contributed by atoms with E-state index in [0.29, 0.717) is 6.07 Å². The number of hydrogen-bond acceptors (Lipinski definition) is 3. The molecule has 15 heteroatoms. The molecular formula is C17H14F11NO3. The molecule has 4 nitrogen and oxygen atoms in total. The third-order valence-electron chi connectivity index (χ3n) is 3.28. The van der Waals surface area contributed by atoms with Gasteiger partial charge in [-0.1, -0.05) is 6.07 Å². The van der Waals surface area contributed by atoms with E-state index >= 15 is 0 Å². The number of halogens is 11. The Balaban J connectivity index is 3.18. The molecule has 0 atom stereocenters. The van der Waals surface area contributed by atoms with Crippen molar-refractivity contribution < 1.29 is 62.6 Å². The average Bonchev–Trinajstić information content (AvgIpc) is 2.58. The van der Waals surface area contributed by atoms with Crippen LogP contribution in [0.3, 0.4) is 0 Å². The van der Waals surface area contributed by atoms with Gasteiger partial charge in [-0.05, 0) is 32.9 Å². The predicted octanol–water partition coefficient (Wildman–Crippen LogP) is 6.99. The summed E-state index contributed by atoms with van der Waals surface area (Å²) in [6, 6.07) is 0.242. The van der Waals surface area contributed by atoms with Gasteiger partial charge in [-0.3, -0.25) is 5.32 Å². The summed E-state index contributed by atoms with van der Waals surface area (Å²) in [4.78, 5) is 11.6. The number of anilines is 1. The van der Waals surface area contributed by atoms with Crippen molar-refractivity contribution in [3.8, 4) is 5.75 Å². The van der Waals surface area contributed by atoms with Crippen LogP contribution in [0.4, 0.5) is 58.8 Å². The summed E-state index contributed by atoms with van der Waals surface area (Å²) in [6.45, 7) is 4.48. The zero-order valence-electron chi connectivity index (χ0n) is 16.2. The van der Waals surface area contributed by atoms with E-state index < -0.39 is 53.2 Å². The summed E-state index contributed by atoms with van der Waals surface area (Å²) >= 11 is 0. The fourth-order valence-electron chi connectivity index (χ4n) is 1.84. The van der Waals surface area contributed by atoms with E-state index in [1.807, 2.05) is 0 Å². The van der Waals surface area contributed by atoms with Gasteiger partial charge in [-0.2, -0.15) is 48.3 Å². The molecule has 1 aromatic carbocycles. The first-order valence-electron chi connectivity index (χ1n) is 8.17. The smallest absolute Gasteiger partial charge is 0.444 e. The summed E-state index contributed by atoms with van der Waals surface area (Å²) in [7, 11) is 0. The molecule has 0 saturated heterocycles. The van der Waals surface area contributed by atoms with Crippen LogP contribution in [0.2, 0.25) is 0 Å². The van der Waals surface area contributed by atoms with Gasteiger partial charge in [0.1, 0.15) is 11.4 Å². The molecule has 0 aliphatic carbocycles. The zero-order valence-corrected chi connectivity index (χ0v) is 16.2. The van der Waals surface area contributed by atoms with Gasteiger partial charge in [0.25, 0.3) is 0 Å². The number of alkyl halides is 9. The molecule has 0 bridgehead atoms. The highest BCUT2D eigenvalue weighted by molar-refractivity contribution is 5.85. The summed E-state index contributed by atoms with van der Waals surface area (Å²) in [5, 5.41) is 2.07. The Morgan fingerprint density at radius 3 is 1.88 bits per heavy atom. The molecule has 182 valence electrons. The van der Waals surface area contributed by atoms with Crippen LogP contribution in [0.15, 0.2) is 36.1 Å². The molecule has 0 fully saturated rings. The van der Waals surface area contributed by atoms with Crippen molar-refractivity contribution in [1.29, 1.82) is 0 Å². The first-order valence-corrected chi connectivity index (χ1v) is 8.17. The lowest BCUT2D eigenvalue weighted by atomic mass is 10.0.